The predicted molar refractivity (Wildman–Crippen MR) is 135 cm³/mol. The second-order valence-electron chi connectivity index (χ2n) is 7.92. The third kappa shape index (κ3) is 5.51. The summed E-state index contributed by atoms with van der Waals surface area (Å²) in [5, 5.41) is 10.9. The number of nitrogens with zero attached hydrogens (tertiary/aromatic N) is 1. The average Bonchev–Trinajstić information content (AvgIpc) is 3.19. The first kappa shape index (κ1) is 22.8. The van der Waals surface area contributed by atoms with E-state index in [1.54, 1.807) is 24.3 Å². The van der Waals surface area contributed by atoms with Crippen LogP contribution in [0.25, 0.3) is 23.1 Å². The highest BCUT2D eigenvalue weighted by Crippen LogP contribution is 2.27. The van der Waals surface area contributed by atoms with E-state index in [1.165, 1.54) is 30.9 Å². The third-order valence-electron chi connectivity index (χ3n) is 5.48. The SMILES string of the molecule is COc1ccc(/C=C/C(=O)CC(=O)/C=C/c2cn(Cc3ccccc3)c3ccccc23)cc1O. The molecule has 0 fully saturated rings. The summed E-state index contributed by atoms with van der Waals surface area (Å²) in [6.07, 6.45) is 7.94. The molecule has 0 aliphatic rings. The van der Waals surface area contributed by atoms with E-state index < -0.39 is 0 Å². The molecule has 3 aromatic carbocycles. The zero-order valence-corrected chi connectivity index (χ0v) is 18.8. The number of carbonyl (C=O) groups is 2. The first-order chi connectivity index (χ1) is 16.5. The van der Waals surface area contributed by atoms with Crippen LogP contribution < -0.4 is 4.74 Å². The predicted octanol–water partition coefficient (Wildman–Crippen LogP) is 5.66. The molecule has 5 nitrogen and oxygen atoms in total. The summed E-state index contributed by atoms with van der Waals surface area (Å²) >= 11 is 0. The van der Waals surface area contributed by atoms with E-state index in [-0.39, 0.29) is 23.7 Å². The normalized spacial score (nSPS) is 11.4. The largest absolute Gasteiger partial charge is 0.504 e. The van der Waals surface area contributed by atoms with E-state index in [0.29, 0.717) is 11.3 Å². The van der Waals surface area contributed by atoms with Crippen molar-refractivity contribution in [3.8, 4) is 11.5 Å². The summed E-state index contributed by atoms with van der Waals surface area (Å²) in [7, 11) is 1.47. The smallest absolute Gasteiger partial charge is 0.163 e. The van der Waals surface area contributed by atoms with Crippen molar-refractivity contribution in [2.24, 2.45) is 0 Å². The Hall–Kier alpha value is -4.38. The van der Waals surface area contributed by atoms with Gasteiger partial charge in [0.1, 0.15) is 0 Å². The summed E-state index contributed by atoms with van der Waals surface area (Å²) in [5.74, 6) is -0.236. The van der Waals surface area contributed by atoms with Gasteiger partial charge in [0.05, 0.1) is 13.5 Å². The van der Waals surface area contributed by atoms with Gasteiger partial charge in [-0.25, -0.2) is 0 Å². The van der Waals surface area contributed by atoms with Crippen LogP contribution in [0.2, 0.25) is 0 Å². The van der Waals surface area contributed by atoms with Gasteiger partial charge < -0.3 is 14.4 Å². The van der Waals surface area contributed by atoms with Crippen LogP contribution >= 0.6 is 0 Å². The molecule has 0 radical (unpaired) electrons. The van der Waals surface area contributed by atoms with Crippen molar-refractivity contribution in [3.63, 3.8) is 0 Å². The maximum absolute atomic E-state index is 12.4. The Morgan fingerprint density at radius 2 is 1.62 bits per heavy atom. The van der Waals surface area contributed by atoms with Gasteiger partial charge in [0, 0.05) is 29.2 Å². The molecule has 1 N–H and O–H groups in total. The number of phenolic OH excluding ortho intramolecular Hbond substituents is 1. The maximum Gasteiger partial charge on any atom is 0.163 e. The number of aromatic hydroxyl groups is 1. The zero-order valence-electron chi connectivity index (χ0n) is 18.8. The lowest BCUT2D eigenvalue weighted by atomic mass is 10.1. The van der Waals surface area contributed by atoms with Crippen LogP contribution in [-0.4, -0.2) is 28.3 Å². The van der Waals surface area contributed by atoms with Crippen molar-refractivity contribution in [2.75, 3.05) is 7.11 Å². The molecule has 0 bridgehead atoms. The fraction of sp³-hybridized carbons (Fsp3) is 0.103. The first-order valence-corrected chi connectivity index (χ1v) is 10.9. The van der Waals surface area contributed by atoms with Crippen LogP contribution in [-0.2, 0) is 16.1 Å². The number of para-hydroxylation sites is 1. The Bertz CT molecular complexity index is 1380. The molecule has 0 aliphatic heterocycles. The Morgan fingerprint density at radius 1 is 0.912 bits per heavy atom. The molecule has 4 rings (SSSR count). The number of hydrogen-bond acceptors (Lipinski definition) is 4. The molecule has 170 valence electrons. The van der Waals surface area contributed by atoms with E-state index in [4.69, 9.17) is 4.74 Å². The van der Waals surface area contributed by atoms with Crippen LogP contribution in [0.1, 0.15) is 23.1 Å². The highest BCUT2D eigenvalue weighted by Gasteiger charge is 2.09. The second-order valence-corrected chi connectivity index (χ2v) is 7.92. The minimum atomic E-state index is -0.309. The number of carbonyl (C=O) groups excluding carboxylic acids is 2. The molecule has 0 saturated heterocycles. The summed E-state index contributed by atoms with van der Waals surface area (Å²) in [5.41, 5.74) is 3.84. The van der Waals surface area contributed by atoms with E-state index >= 15 is 0 Å². The molecule has 0 atom stereocenters. The number of rotatable bonds is 9. The molecular weight excluding hydrogens is 426 g/mol. The summed E-state index contributed by atoms with van der Waals surface area (Å²) < 4.78 is 7.16. The van der Waals surface area contributed by atoms with E-state index in [9.17, 15) is 14.7 Å². The lowest BCUT2D eigenvalue weighted by Gasteiger charge is -2.05. The van der Waals surface area contributed by atoms with Gasteiger partial charge in [0.25, 0.3) is 0 Å². The molecule has 5 heteroatoms. The van der Waals surface area contributed by atoms with Gasteiger partial charge in [-0.1, -0.05) is 60.7 Å². The molecule has 1 aromatic heterocycles. The molecule has 0 aliphatic carbocycles. The van der Waals surface area contributed by atoms with Crippen molar-refractivity contribution in [3.05, 3.63) is 108 Å². The van der Waals surface area contributed by atoms with Gasteiger partial charge in [-0.05, 0) is 47.6 Å². The molecule has 0 amide bonds. The Labute approximate surface area is 198 Å². The third-order valence-corrected chi connectivity index (χ3v) is 5.48. The van der Waals surface area contributed by atoms with Gasteiger partial charge >= 0.3 is 0 Å². The van der Waals surface area contributed by atoms with E-state index in [0.717, 1.165) is 23.0 Å². The molecule has 34 heavy (non-hydrogen) atoms. The highest BCUT2D eigenvalue weighted by molar-refractivity contribution is 6.11. The summed E-state index contributed by atoms with van der Waals surface area (Å²) in [4.78, 5) is 24.6. The van der Waals surface area contributed by atoms with Gasteiger partial charge in [-0.2, -0.15) is 0 Å². The van der Waals surface area contributed by atoms with Crippen molar-refractivity contribution >= 4 is 34.6 Å². The Kier molecular flexibility index (Phi) is 7.04. The number of ketones is 2. The number of methoxy groups -OCH3 is 1. The minimum Gasteiger partial charge on any atom is -0.504 e. The number of ether oxygens (including phenoxy) is 1. The van der Waals surface area contributed by atoms with Crippen LogP contribution in [0.15, 0.2) is 91.1 Å². The van der Waals surface area contributed by atoms with Crippen LogP contribution in [0.4, 0.5) is 0 Å². The standard InChI is InChI=1S/C29H25NO4/c1-34-29-16-12-21(17-28(29)33)11-14-24(31)18-25(32)15-13-23-20-30(19-22-7-3-2-4-8-22)27-10-6-5-9-26(23)27/h2-17,20,33H,18-19H2,1H3/b14-11+,15-13+. The lowest BCUT2D eigenvalue weighted by molar-refractivity contribution is -0.121. The van der Waals surface area contributed by atoms with Crippen molar-refractivity contribution < 1.29 is 19.4 Å². The monoisotopic (exact) mass is 451 g/mol. The summed E-state index contributed by atoms with van der Waals surface area (Å²) in [6.45, 7) is 0.729. The number of fused-ring (bicyclic) bond motifs is 1. The quantitative estimate of drug-likeness (QED) is 0.263. The second kappa shape index (κ2) is 10.5. The lowest BCUT2D eigenvalue weighted by Crippen LogP contribution is -2.01. The van der Waals surface area contributed by atoms with Gasteiger partial charge in [0.15, 0.2) is 23.1 Å². The fourth-order valence-electron chi connectivity index (χ4n) is 3.79. The number of hydrogen-bond donors (Lipinski definition) is 1. The molecule has 4 aromatic rings. The number of benzene rings is 3. The first-order valence-electron chi connectivity index (χ1n) is 10.9. The van der Waals surface area contributed by atoms with Gasteiger partial charge in [0.2, 0.25) is 0 Å². The minimum absolute atomic E-state index is 0.0115. The van der Waals surface area contributed by atoms with Crippen molar-refractivity contribution in [1.29, 1.82) is 0 Å². The number of aromatic nitrogens is 1. The Balaban J connectivity index is 1.44. The molecule has 0 spiro atoms. The Morgan fingerprint density at radius 3 is 2.35 bits per heavy atom. The molecule has 0 unspecified atom stereocenters. The number of phenols is 1. The average molecular weight is 452 g/mol. The van der Waals surface area contributed by atoms with Crippen LogP contribution in [0.3, 0.4) is 0 Å². The van der Waals surface area contributed by atoms with Crippen LogP contribution in [0, 0.1) is 0 Å². The van der Waals surface area contributed by atoms with Gasteiger partial charge in [-0.15, -0.1) is 0 Å². The molecule has 1 heterocycles. The fourth-order valence-corrected chi connectivity index (χ4v) is 3.79. The van der Waals surface area contributed by atoms with E-state index in [1.807, 2.05) is 42.6 Å². The van der Waals surface area contributed by atoms with E-state index in [2.05, 4.69) is 22.8 Å². The van der Waals surface area contributed by atoms with Crippen molar-refractivity contribution in [2.45, 2.75) is 13.0 Å². The molecule has 0 saturated carbocycles. The molecular formula is C29H25NO4. The van der Waals surface area contributed by atoms with Crippen LogP contribution in [0.5, 0.6) is 11.5 Å². The van der Waals surface area contributed by atoms with Crippen molar-refractivity contribution in [1.82, 2.24) is 4.57 Å². The zero-order chi connectivity index (χ0) is 23.9. The summed E-state index contributed by atoms with van der Waals surface area (Å²) in [6, 6.07) is 23.1. The topological polar surface area (TPSA) is 68.5 Å². The number of allylic oxidation sites excluding steroid dienone is 2. The highest BCUT2D eigenvalue weighted by atomic mass is 16.5. The van der Waals surface area contributed by atoms with Gasteiger partial charge in [-0.3, -0.25) is 9.59 Å². The maximum atomic E-state index is 12.4.